The van der Waals surface area contributed by atoms with Gasteiger partial charge in [0.15, 0.2) is 5.78 Å². The van der Waals surface area contributed by atoms with Crippen LogP contribution in [0, 0.1) is 11.3 Å². The van der Waals surface area contributed by atoms with Crippen molar-refractivity contribution in [3.63, 3.8) is 0 Å². The normalized spacial score (nSPS) is 34.0. The summed E-state index contributed by atoms with van der Waals surface area (Å²) in [4.78, 5) is 24.9. The van der Waals surface area contributed by atoms with Crippen LogP contribution in [0.3, 0.4) is 0 Å². The molecule has 0 fully saturated rings. The molecule has 2 aliphatic heterocycles. The number of fused-ring (bicyclic) bond motifs is 2. The molecule has 0 aromatic rings. The van der Waals surface area contributed by atoms with Gasteiger partial charge >= 0.3 is 5.97 Å². The summed E-state index contributed by atoms with van der Waals surface area (Å²) in [6.07, 6.45) is 4.06. The molecule has 1 unspecified atom stereocenters. The number of ketones is 1. The molecule has 0 aromatic carbocycles. The highest BCUT2D eigenvalue weighted by Gasteiger charge is 2.42. The summed E-state index contributed by atoms with van der Waals surface area (Å²) >= 11 is 0. The number of cyclic esters (lactones) is 1. The molecule has 2 rings (SSSR count). The smallest absolute Gasteiger partial charge is 0.316 e. The lowest BCUT2D eigenvalue weighted by Gasteiger charge is -2.39. The number of hydrogen-bond acceptors (Lipinski definition) is 5. The Labute approximate surface area is 137 Å². The molecule has 3 atom stereocenters. The summed E-state index contributed by atoms with van der Waals surface area (Å²) < 4.78 is 16.8. The van der Waals surface area contributed by atoms with Crippen LogP contribution in [0.1, 0.15) is 40.5 Å². The lowest BCUT2D eigenvalue weighted by Crippen LogP contribution is -2.44. The van der Waals surface area contributed by atoms with Crippen molar-refractivity contribution >= 4 is 11.8 Å². The Morgan fingerprint density at radius 2 is 2.00 bits per heavy atom. The van der Waals surface area contributed by atoms with Crippen LogP contribution in [0.15, 0.2) is 23.5 Å². The van der Waals surface area contributed by atoms with E-state index >= 15 is 0 Å². The molecule has 5 nitrogen and oxygen atoms in total. The molecule has 23 heavy (non-hydrogen) atoms. The number of methoxy groups -OCH3 is 1. The number of esters is 1. The molecule has 0 saturated carbocycles. The van der Waals surface area contributed by atoms with E-state index in [2.05, 4.69) is 0 Å². The topological polar surface area (TPSA) is 61.8 Å². The summed E-state index contributed by atoms with van der Waals surface area (Å²) in [6.45, 7) is 7.67. The first-order valence-corrected chi connectivity index (χ1v) is 8.05. The second-order valence-corrected chi connectivity index (χ2v) is 6.90. The quantitative estimate of drug-likeness (QED) is 0.695. The zero-order valence-electron chi connectivity index (χ0n) is 14.5. The van der Waals surface area contributed by atoms with Gasteiger partial charge in [0.05, 0.1) is 18.1 Å². The van der Waals surface area contributed by atoms with E-state index in [0.29, 0.717) is 18.6 Å². The first-order valence-electron chi connectivity index (χ1n) is 8.05. The van der Waals surface area contributed by atoms with Gasteiger partial charge < -0.3 is 14.2 Å². The minimum Gasteiger partial charge on any atom is -0.493 e. The molecule has 128 valence electrons. The Balaban J connectivity index is 2.42. The zero-order valence-corrected chi connectivity index (χ0v) is 14.5. The number of rotatable bonds is 1. The molecule has 2 bridgehead atoms. The lowest BCUT2D eigenvalue weighted by molar-refractivity contribution is -0.150. The van der Waals surface area contributed by atoms with Gasteiger partial charge in [-0.25, -0.2) is 0 Å². The number of carbonyl (C=O) groups is 2. The number of allylic oxidation sites excluding steroid dienone is 1. The monoisotopic (exact) mass is 322 g/mol. The third-order valence-corrected chi connectivity index (χ3v) is 4.72. The molecular formula is C18H26O5. The van der Waals surface area contributed by atoms with Gasteiger partial charge in [-0.2, -0.15) is 0 Å². The van der Waals surface area contributed by atoms with E-state index in [1.54, 1.807) is 20.1 Å². The average molecular weight is 322 g/mol. The Kier molecular flexibility index (Phi) is 5.30. The highest BCUT2D eigenvalue weighted by atomic mass is 16.5. The molecule has 0 radical (unpaired) electrons. The predicted octanol–water partition coefficient (Wildman–Crippen LogP) is 2.80. The van der Waals surface area contributed by atoms with Crippen molar-refractivity contribution in [2.75, 3.05) is 13.7 Å². The number of ether oxygens (including phenoxy) is 3. The van der Waals surface area contributed by atoms with Crippen molar-refractivity contribution in [1.29, 1.82) is 0 Å². The van der Waals surface area contributed by atoms with Crippen molar-refractivity contribution in [2.24, 2.45) is 11.3 Å². The van der Waals surface area contributed by atoms with E-state index in [1.165, 1.54) is 0 Å². The van der Waals surface area contributed by atoms with Crippen LogP contribution in [-0.2, 0) is 23.8 Å². The van der Waals surface area contributed by atoms with Crippen LogP contribution < -0.4 is 0 Å². The Morgan fingerprint density at radius 1 is 1.30 bits per heavy atom. The number of carbonyl (C=O) groups excluding carboxylic acids is 2. The maximum atomic E-state index is 12.7. The molecule has 5 heteroatoms. The fourth-order valence-corrected chi connectivity index (χ4v) is 2.76. The van der Waals surface area contributed by atoms with Gasteiger partial charge in [-0.1, -0.05) is 5.57 Å². The van der Waals surface area contributed by atoms with Crippen LogP contribution in [0.25, 0.3) is 0 Å². The van der Waals surface area contributed by atoms with E-state index in [4.69, 9.17) is 14.2 Å². The first kappa shape index (κ1) is 17.7. The SMILES string of the molecule is CO[C@@H]1C=C2O[C@H](C1)C(C)(C)C(=O)/C=C(\C)CCOC(=O)C2C. The van der Waals surface area contributed by atoms with E-state index in [-0.39, 0.29) is 30.6 Å². The van der Waals surface area contributed by atoms with Crippen LogP contribution in [0.4, 0.5) is 0 Å². The van der Waals surface area contributed by atoms with E-state index in [1.807, 2.05) is 26.8 Å². The molecule has 2 heterocycles. The van der Waals surface area contributed by atoms with Crippen LogP contribution in [0.5, 0.6) is 0 Å². The van der Waals surface area contributed by atoms with Crippen LogP contribution in [-0.4, -0.2) is 37.7 Å². The average Bonchev–Trinajstić information content (AvgIpc) is 2.52. The number of hydrogen-bond donors (Lipinski definition) is 0. The minimum atomic E-state index is -0.694. The predicted molar refractivity (Wildman–Crippen MR) is 85.7 cm³/mol. The fraction of sp³-hybridized carbons (Fsp3) is 0.667. The minimum absolute atomic E-state index is 0.0238. The lowest BCUT2D eigenvalue weighted by atomic mass is 9.77. The van der Waals surface area contributed by atoms with Crippen LogP contribution >= 0.6 is 0 Å². The summed E-state index contributed by atoms with van der Waals surface area (Å²) in [6, 6.07) is 0. The maximum Gasteiger partial charge on any atom is 0.316 e. The van der Waals surface area contributed by atoms with Crippen molar-refractivity contribution in [2.45, 2.75) is 52.7 Å². The van der Waals surface area contributed by atoms with Crippen molar-refractivity contribution < 1.29 is 23.8 Å². The summed E-state index contributed by atoms with van der Waals surface area (Å²) in [5, 5.41) is 0. The Hall–Kier alpha value is -1.62. The molecule has 0 aliphatic carbocycles. The third-order valence-electron chi connectivity index (χ3n) is 4.72. The largest absolute Gasteiger partial charge is 0.493 e. The second-order valence-electron chi connectivity index (χ2n) is 6.90. The summed E-state index contributed by atoms with van der Waals surface area (Å²) in [7, 11) is 1.62. The Bertz CT molecular complexity index is 544. The summed E-state index contributed by atoms with van der Waals surface area (Å²) in [5.41, 5.74) is 0.208. The van der Waals surface area contributed by atoms with Crippen LogP contribution in [0.2, 0.25) is 0 Å². The van der Waals surface area contributed by atoms with Gasteiger partial charge in [-0.05, 0) is 39.8 Å². The molecule has 2 aliphatic rings. The van der Waals surface area contributed by atoms with Crippen molar-refractivity contribution in [3.05, 3.63) is 23.5 Å². The van der Waals surface area contributed by atoms with E-state index in [9.17, 15) is 9.59 Å². The standard InChI is InChI=1S/C18H26O5/c1-11-6-7-22-17(20)12(2)14-9-13(21-5)10-16(23-14)18(3,4)15(19)8-11/h8-9,12-13,16H,6-7,10H2,1-5H3/b11-8+/t12?,13-,16-/m1/s1. The first-order chi connectivity index (χ1) is 10.8. The molecule has 0 amide bonds. The zero-order chi connectivity index (χ0) is 17.2. The fourth-order valence-electron chi connectivity index (χ4n) is 2.76. The molecular weight excluding hydrogens is 296 g/mol. The highest BCUT2D eigenvalue weighted by Crippen LogP contribution is 2.36. The molecule has 0 aromatic heterocycles. The van der Waals surface area contributed by atoms with Gasteiger partial charge in [0.1, 0.15) is 17.8 Å². The van der Waals surface area contributed by atoms with E-state index < -0.39 is 11.3 Å². The van der Waals surface area contributed by atoms with Gasteiger partial charge in [-0.15, -0.1) is 0 Å². The van der Waals surface area contributed by atoms with E-state index in [0.717, 1.165) is 5.57 Å². The highest BCUT2D eigenvalue weighted by molar-refractivity contribution is 5.95. The van der Waals surface area contributed by atoms with Gasteiger partial charge in [0, 0.05) is 20.0 Å². The Morgan fingerprint density at radius 3 is 2.65 bits per heavy atom. The second kappa shape index (κ2) is 6.87. The van der Waals surface area contributed by atoms with Gasteiger partial charge in [0.25, 0.3) is 0 Å². The molecule has 0 saturated heterocycles. The van der Waals surface area contributed by atoms with Gasteiger partial charge in [0.2, 0.25) is 0 Å². The summed E-state index contributed by atoms with van der Waals surface area (Å²) in [5.74, 6) is -0.273. The maximum absolute atomic E-state index is 12.7. The molecule has 0 spiro atoms. The van der Waals surface area contributed by atoms with Crippen molar-refractivity contribution in [1.82, 2.24) is 0 Å². The van der Waals surface area contributed by atoms with Crippen molar-refractivity contribution in [3.8, 4) is 0 Å². The molecule has 0 N–H and O–H groups in total. The van der Waals surface area contributed by atoms with Gasteiger partial charge in [-0.3, -0.25) is 9.59 Å². The third kappa shape index (κ3) is 3.83.